The van der Waals surface area contributed by atoms with Gasteiger partial charge in [-0.25, -0.2) is 4.98 Å². The summed E-state index contributed by atoms with van der Waals surface area (Å²) in [5.74, 6) is 0.897. The predicted octanol–water partition coefficient (Wildman–Crippen LogP) is 6.03. The van der Waals surface area contributed by atoms with E-state index in [-0.39, 0.29) is 0 Å². The van der Waals surface area contributed by atoms with E-state index in [1.807, 2.05) is 18.2 Å². The SMILES string of the molecule is Cc1cccc(-c2nc(-c3ccccc3)[nH]c2-c2cccc(C)c2)c1. The minimum atomic E-state index is 0.897. The topological polar surface area (TPSA) is 28.7 Å². The Morgan fingerprint density at radius 3 is 1.92 bits per heavy atom. The van der Waals surface area contributed by atoms with Crippen molar-refractivity contribution < 1.29 is 0 Å². The lowest BCUT2D eigenvalue weighted by molar-refractivity contribution is 1.31. The van der Waals surface area contributed by atoms with Crippen LogP contribution < -0.4 is 0 Å². The summed E-state index contributed by atoms with van der Waals surface area (Å²) >= 11 is 0. The largest absolute Gasteiger partial charge is 0.337 e. The lowest BCUT2D eigenvalue weighted by Gasteiger charge is -2.05. The zero-order valence-corrected chi connectivity index (χ0v) is 14.5. The normalized spacial score (nSPS) is 10.8. The van der Waals surface area contributed by atoms with E-state index in [2.05, 4.69) is 79.5 Å². The van der Waals surface area contributed by atoms with Gasteiger partial charge in [-0.05, 0) is 26.0 Å². The van der Waals surface area contributed by atoms with Gasteiger partial charge in [0.15, 0.2) is 0 Å². The maximum atomic E-state index is 4.94. The molecule has 1 N–H and O–H groups in total. The molecule has 0 unspecified atom stereocenters. The molecular formula is C23H20N2. The van der Waals surface area contributed by atoms with Gasteiger partial charge in [-0.3, -0.25) is 0 Å². The van der Waals surface area contributed by atoms with E-state index in [0.29, 0.717) is 0 Å². The molecule has 3 aromatic carbocycles. The second-order valence-corrected chi connectivity index (χ2v) is 6.41. The van der Waals surface area contributed by atoms with Gasteiger partial charge < -0.3 is 4.98 Å². The number of hydrogen-bond donors (Lipinski definition) is 1. The first kappa shape index (κ1) is 15.4. The lowest BCUT2D eigenvalue weighted by Crippen LogP contribution is -1.85. The molecule has 25 heavy (non-hydrogen) atoms. The number of imidazole rings is 1. The average Bonchev–Trinajstić information content (AvgIpc) is 3.08. The molecule has 0 aliphatic carbocycles. The molecule has 0 radical (unpaired) electrons. The van der Waals surface area contributed by atoms with Gasteiger partial charge in [-0.15, -0.1) is 0 Å². The number of aromatic nitrogens is 2. The third-order valence-corrected chi connectivity index (χ3v) is 4.35. The Kier molecular flexibility index (Phi) is 3.95. The van der Waals surface area contributed by atoms with E-state index in [9.17, 15) is 0 Å². The number of benzene rings is 3. The molecule has 2 nitrogen and oxygen atoms in total. The van der Waals surface area contributed by atoms with Crippen LogP contribution >= 0.6 is 0 Å². The van der Waals surface area contributed by atoms with Crippen molar-refractivity contribution >= 4 is 0 Å². The van der Waals surface area contributed by atoms with E-state index in [1.54, 1.807) is 0 Å². The number of aryl methyl sites for hydroxylation is 2. The van der Waals surface area contributed by atoms with E-state index in [4.69, 9.17) is 4.98 Å². The first-order valence-electron chi connectivity index (χ1n) is 8.50. The summed E-state index contributed by atoms with van der Waals surface area (Å²) in [6, 6.07) is 27.3. The number of nitrogens with one attached hydrogen (secondary N) is 1. The number of H-pyrrole nitrogens is 1. The molecule has 1 heterocycles. The third kappa shape index (κ3) is 3.11. The standard InChI is InChI=1S/C23H20N2/c1-16-8-6-12-19(14-16)21-22(20-13-7-9-17(2)15-20)25-23(24-21)18-10-4-3-5-11-18/h3-15H,1-2H3,(H,24,25). The van der Waals surface area contributed by atoms with Gasteiger partial charge in [0.1, 0.15) is 5.82 Å². The Morgan fingerprint density at radius 2 is 1.24 bits per heavy atom. The van der Waals surface area contributed by atoms with Crippen molar-refractivity contribution in [1.29, 1.82) is 0 Å². The molecule has 0 saturated heterocycles. The van der Waals surface area contributed by atoms with Crippen LogP contribution in [0.25, 0.3) is 33.9 Å². The van der Waals surface area contributed by atoms with Gasteiger partial charge >= 0.3 is 0 Å². The van der Waals surface area contributed by atoms with Crippen molar-refractivity contribution in [2.45, 2.75) is 13.8 Å². The second kappa shape index (κ2) is 6.40. The number of hydrogen-bond acceptors (Lipinski definition) is 1. The van der Waals surface area contributed by atoms with Crippen molar-refractivity contribution in [2.24, 2.45) is 0 Å². The van der Waals surface area contributed by atoms with Crippen LogP contribution in [0, 0.1) is 13.8 Å². The number of rotatable bonds is 3. The van der Waals surface area contributed by atoms with Gasteiger partial charge in [-0.1, -0.05) is 77.9 Å². The molecule has 0 fully saturated rings. The Balaban J connectivity index is 1.93. The smallest absolute Gasteiger partial charge is 0.138 e. The summed E-state index contributed by atoms with van der Waals surface area (Å²) in [7, 11) is 0. The number of aromatic amines is 1. The molecule has 122 valence electrons. The van der Waals surface area contributed by atoms with Gasteiger partial charge in [0.05, 0.1) is 11.4 Å². The fraction of sp³-hybridized carbons (Fsp3) is 0.0870. The molecule has 0 aliphatic heterocycles. The molecule has 4 aromatic rings. The van der Waals surface area contributed by atoms with Crippen LogP contribution in [0.2, 0.25) is 0 Å². The van der Waals surface area contributed by atoms with Crippen LogP contribution in [0.3, 0.4) is 0 Å². The average molecular weight is 324 g/mol. The molecule has 0 amide bonds. The molecule has 1 aromatic heterocycles. The molecular weight excluding hydrogens is 304 g/mol. The predicted molar refractivity (Wildman–Crippen MR) is 104 cm³/mol. The Labute approximate surface area is 148 Å². The summed E-state index contributed by atoms with van der Waals surface area (Å²) < 4.78 is 0. The van der Waals surface area contributed by atoms with E-state index < -0.39 is 0 Å². The Morgan fingerprint density at radius 1 is 0.640 bits per heavy atom. The molecule has 0 aliphatic rings. The van der Waals surface area contributed by atoms with Crippen LogP contribution in [0.5, 0.6) is 0 Å². The Bertz CT molecular complexity index is 950. The maximum Gasteiger partial charge on any atom is 0.138 e. The highest BCUT2D eigenvalue weighted by Crippen LogP contribution is 2.33. The quantitative estimate of drug-likeness (QED) is 0.490. The van der Waals surface area contributed by atoms with Crippen molar-refractivity contribution in [2.75, 3.05) is 0 Å². The van der Waals surface area contributed by atoms with Crippen LogP contribution in [-0.2, 0) is 0 Å². The zero-order valence-electron chi connectivity index (χ0n) is 14.5. The highest BCUT2D eigenvalue weighted by Gasteiger charge is 2.15. The summed E-state index contributed by atoms with van der Waals surface area (Å²) in [5, 5.41) is 0. The highest BCUT2D eigenvalue weighted by atomic mass is 14.9. The van der Waals surface area contributed by atoms with Crippen molar-refractivity contribution in [3.05, 3.63) is 90.0 Å². The van der Waals surface area contributed by atoms with Gasteiger partial charge in [0.25, 0.3) is 0 Å². The molecule has 0 atom stereocenters. The summed E-state index contributed by atoms with van der Waals surface area (Å²) in [4.78, 5) is 8.49. The van der Waals surface area contributed by atoms with Gasteiger partial charge in [-0.2, -0.15) is 0 Å². The van der Waals surface area contributed by atoms with Gasteiger partial charge in [0, 0.05) is 16.7 Å². The van der Waals surface area contributed by atoms with Crippen molar-refractivity contribution in [1.82, 2.24) is 9.97 Å². The minimum absolute atomic E-state index is 0.897. The first-order valence-corrected chi connectivity index (χ1v) is 8.50. The van der Waals surface area contributed by atoms with Crippen LogP contribution in [0.1, 0.15) is 11.1 Å². The molecule has 4 rings (SSSR count). The molecule has 2 heteroatoms. The summed E-state index contributed by atoms with van der Waals surface area (Å²) in [6.07, 6.45) is 0. The third-order valence-electron chi connectivity index (χ3n) is 4.35. The summed E-state index contributed by atoms with van der Waals surface area (Å²) in [6.45, 7) is 4.23. The highest BCUT2D eigenvalue weighted by molar-refractivity contribution is 5.81. The van der Waals surface area contributed by atoms with Crippen LogP contribution in [0.15, 0.2) is 78.9 Å². The monoisotopic (exact) mass is 324 g/mol. The molecule has 0 saturated carbocycles. The fourth-order valence-corrected chi connectivity index (χ4v) is 3.12. The van der Waals surface area contributed by atoms with Crippen LogP contribution in [0.4, 0.5) is 0 Å². The van der Waals surface area contributed by atoms with Crippen molar-refractivity contribution in [3.8, 4) is 33.9 Å². The molecule has 0 spiro atoms. The number of nitrogens with zero attached hydrogens (tertiary/aromatic N) is 1. The Hall–Kier alpha value is -3.13. The fourth-order valence-electron chi connectivity index (χ4n) is 3.12. The van der Waals surface area contributed by atoms with E-state index >= 15 is 0 Å². The maximum absolute atomic E-state index is 4.94. The van der Waals surface area contributed by atoms with Gasteiger partial charge in [0.2, 0.25) is 0 Å². The summed E-state index contributed by atoms with van der Waals surface area (Å²) in [5.41, 5.74) is 7.92. The molecule has 0 bridgehead atoms. The van der Waals surface area contributed by atoms with E-state index in [0.717, 1.165) is 33.9 Å². The van der Waals surface area contributed by atoms with Crippen LogP contribution in [-0.4, -0.2) is 9.97 Å². The van der Waals surface area contributed by atoms with Crippen molar-refractivity contribution in [3.63, 3.8) is 0 Å². The lowest BCUT2D eigenvalue weighted by atomic mass is 10.0. The first-order chi connectivity index (χ1) is 12.2. The zero-order chi connectivity index (χ0) is 17.2. The minimum Gasteiger partial charge on any atom is -0.337 e. The second-order valence-electron chi connectivity index (χ2n) is 6.41. The van der Waals surface area contributed by atoms with E-state index in [1.165, 1.54) is 11.1 Å².